The molecular formula is C12H18Cl2N2S. The largest absolute Gasteiger partial charge is 0.315 e. The molecule has 0 spiro atoms. The molecule has 1 aliphatic heterocycles. The van der Waals surface area contributed by atoms with Crippen molar-refractivity contribution >= 4 is 34.5 Å². The van der Waals surface area contributed by atoms with E-state index in [0.29, 0.717) is 10.4 Å². The molecule has 1 aliphatic rings. The van der Waals surface area contributed by atoms with E-state index in [-0.39, 0.29) is 0 Å². The molecule has 0 amide bonds. The van der Waals surface area contributed by atoms with Crippen molar-refractivity contribution in [3.63, 3.8) is 0 Å². The molecule has 1 aromatic rings. The quantitative estimate of drug-likeness (QED) is 0.892. The second kappa shape index (κ2) is 6.39. The zero-order valence-electron chi connectivity index (χ0n) is 10.0. The lowest BCUT2D eigenvalue weighted by Gasteiger charge is -2.27. The van der Waals surface area contributed by atoms with Crippen LogP contribution in [0.25, 0.3) is 0 Å². The van der Waals surface area contributed by atoms with Crippen molar-refractivity contribution < 1.29 is 0 Å². The van der Waals surface area contributed by atoms with E-state index >= 15 is 0 Å². The lowest BCUT2D eigenvalue weighted by atomic mass is 10.2. The van der Waals surface area contributed by atoms with Crippen molar-refractivity contribution in [1.82, 2.24) is 10.2 Å². The number of nitrogens with one attached hydrogen (secondary N) is 1. The van der Waals surface area contributed by atoms with Gasteiger partial charge in [-0.1, -0.05) is 30.1 Å². The molecule has 1 atom stereocenters. The highest BCUT2D eigenvalue weighted by Crippen LogP contribution is 2.33. The lowest BCUT2D eigenvalue weighted by Crippen LogP contribution is -2.36. The molecule has 1 saturated heterocycles. The van der Waals surface area contributed by atoms with Crippen LogP contribution in [0.3, 0.4) is 0 Å². The summed E-state index contributed by atoms with van der Waals surface area (Å²) in [7, 11) is 0. The minimum Gasteiger partial charge on any atom is -0.315 e. The topological polar surface area (TPSA) is 15.3 Å². The first kappa shape index (κ1) is 13.6. The van der Waals surface area contributed by atoms with E-state index in [1.54, 1.807) is 0 Å². The van der Waals surface area contributed by atoms with Gasteiger partial charge in [-0.15, -0.1) is 11.3 Å². The van der Waals surface area contributed by atoms with Crippen molar-refractivity contribution in [3.05, 3.63) is 20.3 Å². The fourth-order valence-corrected chi connectivity index (χ4v) is 3.55. The second-order valence-electron chi connectivity index (χ2n) is 4.47. The van der Waals surface area contributed by atoms with Crippen LogP contribution in [0.1, 0.15) is 25.3 Å². The van der Waals surface area contributed by atoms with Gasteiger partial charge < -0.3 is 5.32 Å². The van der Waals surface area contributed by atoms with Crippen LogP contribution in [-0.2, 0) is 6.54 Å². The summed E-state index contributed by atoms with van der Waals surface area (Å²) in [6.45, 7) is 6.48. The van der Waals surface area contributed by atoms with Crippen LogP contribution >= 0.6 is 34.5 Å². The van der Waals surface area contributed by atoms with Crippen LogP contribution in [0.2, 0.25) is 9.36 Å². The molecule has 2 heterocycles. The smallest absolute Gasteiger partial charge is 0.112 e. The second-order valence-corrected chi connectivity index (χ2v) is 6.33. The van der Waals surface area contributed by atoms with Crippen molar-refractivity contribution in [2.45, 2.75) is 32.4 Å². The molecule has 0 saturated carbocycles. The van der Waals surface area contributed by atoms with E-state index < -0.39 is 0 Å². The number of halogens is 2. The van der Waals surface area contributed by atoms with E-state index in [0.717, 1.165) is 31.2 Å². The summed E-state index contributed by atoms with van der Waals surface area (Å²) in [6, 6.07) is 0.643. The number of thiophene rings is 1. The average Bonchev–Trinajstić information content (AvgIpc) is 2.93. The first-order chi connectivity index (χ1) is 8.22. The molecule has 0 radical (unpaired) electrons. The third kappa shape index (κ3) is 3.36. The molecular weight excluding hydrogens is 275 g/mol. The van der Waals surface area contributed by atoms with Crippen LogP contribution in [0.4, 0.5) is 0 Å². The van der Waals surface area contributed by atoms with Gasteiger partial charge >= 0.3 is 0 Å². The number of nitrogens with zero attached hydrogens (tertiary/aromatic N) is 1. The third-order valence-electron chi connectivity index (χ3n) is 3.19. The maximum atomic E-state index is 6.20. The van der Waals surface area contributed by atoms with Gasteiger partial charge in [0.05, 0.1) is 5.02 Å². The Bertz CT molecular complexity index is 361. The highest BCUT2D eigenvalue weighted by atomic mass is 35.5. The van der Waals surface area contributed by atoms with Gasteiger partial charge in [0.2, 0.25) is 0 Å². The standard InChI is InChI=1S/C12H18Cl2N2S/c1-2-5-16(10-3-4-15-6-10)7-9-8-17-12(14)11(9)13/h8,10,15H,2-7H2,1H3. The summed E-state index contributed by atoms with van der Waals surface area (Å²) in [6.07, 6.45) is 2.40. The van der Waals surface area contributed by atoms with Gasteiger partial charge in [-0.2, -0.15) is 0 Å². The van der Waals surface area contributed by atoms with Gasteiger partial charge in [-0.05, 0) is 36.9 Å². The molecule has 0 aliphatic carbocycles. The molecule has 5 heteroatoms. The minimum atomic E-state index is 0.643. The van der Waals surface area contributed by atoms with Crippen molar-refractivity contribution in [2.24, 2.45) is 0 Å². The third-order valence-corrected chi connectivity index (χ3v) is 5.10. The highest BCUT2D eigenvalue weighted by Gasteiger charge is 2.23. The van der Waals surface area contributed by atoms with E-state index in [2.05, 4.69) is 22.5 Å². The Labute approximate surface area is 117 Å². The van der Waals surface area contributed by atoms with Gasteiger partial charge in [0, 0.05) is 19.1 Å². The lowest BCUT2D eigenvalue weighted by molar-refractivity contribution is 0.200. The predicted octanol–water partition coefficient (Wildman–Crippen LogP) is 3.63. The molecule has 96 valence electrons. The Balaban J connectivity index is 2.04. The first-order valence-corrected chi connectivity index (χ1v) is 7.72. The molecule has 2 rings (SSSR count). The van der Waals surface area contributed by atoms with Crippen molar-refractivity contribution in [1.29, 1.82) is 0 Å². The van der Waals surface area contributed by atoms with Gasteiger partial charge in [-0.25, -0.2) is 0 Å². The Morgan fingerprint density at radius 1 is 1.53 bits per heavy atom. The van der Waals surface area contributed by atoms with E-state index in [9.17, 15) is 0 Å². The van der Waals surface area contributed by atoms with E-state index in [1.807, 2.05) is 0 Å². The predicted molar refractivity (Wildman–Crippen MR) is 76.3 cm³/mol. The molecule has 1 aromatic heterocycles. The van der Waals surface area contributed by atoms with E-state index in [4.69, 9.17) is 23.2 Å². The van der Waals surface area contributed by atoms with Gasteiger partial charge in [0.15, 0.2) is 0 Å². The molecule has 0 bridgehead atoms. The van der Waals surface area contributed by atoms with Crippen molar-refractivity contribution in [2.75, 3.05) is 19.6 Å². The van der Waals surface area contributed by atoms with E-state index in [1.165, 1.54) is 29.7 Å². The van der Waals surface area contributed by atoms with Crippen LogP contribution in [0.15, 0.2) is 5.38 Å². The summed E-state index contributed by atoms with van der Waals surface area (Å²) in [5.41, 5.74) is 1.17. The molecule has 1 unspecified atom stereocenters. The highest BCUT2D eigenvalue weighted by molar-refractivity contribution is 7.15. The Kier molecular flexibility index (Phi) is 5.12. The van der Waals surface area contributed by atoms with Crippen molar-refractivity contribution in [3.8, 4) is 0 Å². The number of hydrogen-bond donors (Lipinski definition) is 1. The maximum Gasteiger partial charge on any atom is 0.112 e. The molecule has 2 nitrogen and oxygen atoms in total. The Hall–Kier alpha value is 0.200. The molecule has 1 N–H and O–H groups in total. The first-order valence-electron chi connectivity index (χ1n) is 6.08. The molecule has 17 heavy (non-hydrogen) atoms. The summed E-state index contributed by atoms with van der Waals surface area (Å²) < 4.78 is 0.711. The van der Waals surface area contributed by atoms with Crippen LogP contribution in [-0.4, -0.2) is 30.6 Å². The van der Waals surface area contributed by atoms with Gasteiger partial charge in [-0.3, -0.25) is 4.90 Å². The minimum absolute atomic E-state index is 0.643. The number of rotatable bonds is 5. The SMILES string of the molecule is CCCN(Cc1csc(Cl)c1Cl)C1CCNC1. The zero-order chi connectivity index (χ0) is 12.3. The van der Waals surface area contributed by atoms with Crippen LogP contribution < -0.4 is 5.32 Å². The molecule has 1 fully saturated rings. The molecule has 0 aromatic carbocycles. The summed E-state index contributed by atoms with van der Waals surface area (Å²) in [5.74, 6) is 0. The summed E-state index contributed by atoms with van der Waals surface area (Å²) in [5, 5.41) is 6.24. The Morgan fingerprint density at radius 2 is 2.35 bits per heavy atom. The van der Waals surface area contributed by atoms with Crippen LogP contribution in [0, 0.1) is 0 Å². The van der Waals surface area contributed by atoms with Gasteiger partial charge in [0.25, 0.3) is 0 Å². The summed E-state index contributed by atoms with van der Waals surface area (Å²) in [4.78, 5) is 2.52. The normalized spacial score (nSPS) is 20.4. The van der Waals surface area contributed by atoms with Crippen LogP contribution in [0.5, 0.6) is 0 Å². The maximum absolute atomic E-state index is 6.20. The number of hydrogen-bond acceptors (Lipinski definition) is 3. The fraction of sp³-hybridized carbons (Fsp3) is 0.667. The zero-order valence-corrected chi connectivity index (χ0v) is 12.3. The van der Waals surface area contributed by atoms with Gasteiger partial charge in [0.1, 0.15) is 4.34 Å². The average molecular weight is 293 g/mol. The Morgan fingerprint density at radius 3 is 2.88 bits per heavy atom. The monoisotopic (exact) mass is 292 g/mol. The summed E-state index contributed by atoms with van der Waals surface area (Å²) >= 11 is 13.7. The fourth-order valence-electron chi connectivity index (χ4n) is 2.31.